The molecule has 0 saturated heterocycles. The molecule has 3 N–H and O–H groups in total. The second-order valence-corrected chi connectivity index (χ2v) is 7.52. The van der Waals surface area contributed by atoms with Gasteiger partial charge in [-0.15, -0.1) is 0 Å². The highest BCUT2D eigenvalue weighted by Gasteiger charge is 2.18. The van der Waals surface area contributed by atoms with E-state index in [0.717, 1.165) is 0 Å². The topological polar surface area (TPSA) is 135 Å². The summed E-state index contributed by atoms with van der Waals surface area (Å²) >= 11 is 5.06. The molecule has 0 fully saturated rings. The van der Waals surface area contributed by atoms with Crippen LogP contribution in [0.15, 0.2) is 64.4 Å². The zero-order valence-electron chi connectivity index (χ0n) is 14.9. The molecule has 3 rings (SSSR count). The molecule has 0 bridgehead atoms. The van der Waals surface area contributed by atoms with Crippen molar-refractivity contribution in [1.29, 1.82) is 0 Å². The van der Waals surface area contributed by atoms with E-state index < -0.39 is 15.9 Å². The monoisotopic (exact) mass is 433 g/mol. The second-order valence-electron chi connectivity index (χ2n) is 5.43. The molecule has 10 nitrogen and oxygen atoms in total. The van der Waals surface area contributed by atoms with E-state index in [-0.39, 0.29) is 27.5 Å². The Morgan fingerprint density at radius 2 is 1.86 bits per heavy atom. The highest BCUT2D eigenvalue weighted by atomic mass is 32.2. The number of carbonyl (C=O) groups is 1. The van der Waals surface area contributed by atoms with Gasteiger partial charge in [-0.05, 0) is 48.6 Å². The number of sulfonamides is 1. The van der Waals surface area contributed by atoms with E-state index in [0.29, 0.717) is 5.69 Å². The molecule has 0 spiro atoms. The van der Waals surface area contributed by atoms with E-state index in [2.05, 4.69) is 25.3 Å². The molecule has 2 aromatic heterocycles. The second kappa shape index (κ2) is 8.67. The van der Waals surface area contributed by atoms with E-state index >= 15 is 0 Å². The first-order chi connectivity index (χ1) is 13.9. The summed E-state index contributed by atoms with van der Waals surface area (Å²) in [4.78, 5) is 19.7. The predicted octanol–water partition coefficient (Wildman–Crippen LogP) is 2.01. The smallest absolute Gasteiger partial charge is 0.293 e. The molecular weight excluding hydrogens is 418 g/mol. The van der Waals surface area contributed by atoms with Crippen molar-refractivity contribution in [3.63, 3.8) is 0 Å². The molecule has 0 unspecified atom stereocenters. The van der Waals surface area contributed by atoms with Gasteiger partial charge in [0.05, 0.1) is 18.3 Å². The Labute approximate surface area is 171 Å². The maximum Gasteiger partial charge on any atom is 0.293 e. The first kappa shape index (κ1) is 20.2. The number of amides is 1. The van der Waals surface area contributed by atoms with Gasteiger partial charge in [-0.1, -0.05) is 0 Å². The summed E-state index contributed by atoms with van der Waals surface area (Å²) in [7, 11) is -2.56. The molecular formula is C17H15N5O5S2. The first-order valence-corrected chi connectivity index (χ1v) is 9.92. The van der Waals surface area contributed by atoms with Gasteiger partial charge >= 0.3 is 0 Å². The number of hydrogen-bond acceptors (Lipinski definition) is 8. The van der Waals surface area contributed by atoms with E-state index in [1.807, 2.05) is 0 Å². The molecule has 0 aliphatic rings. The van der Waals surface area contributed by atoms with Crippen LogP contribution in [0.3, 0.4) is 0 Å². The molecule has 0 aliphatic carbocycles. The molecule has 1 aromatic carbocycles. The Morgan fingerprint density at radius 1 is 1.14 bits per heavy atom. The Morgan fingerprint density at radius 3 is 2.52 bits per heavy atom. The van der Waals surface area contributed by atoms with Crippen LogP contribution in [0.1, 0.15) is 10.6 Å². The first-order valence-electron chi connectivity index (χ1n) is 8.03. The molecule has 2 heterocycles. The van der Waals surface area contributed by atoms with Crippen LogP contribution in [-0.2, 0) is 10.0 Å². The van der Waals surface area contributed by atoms with Gasteiger partial charge < -0.3 is 14.5 Å². The average Bonchev–Trinajstić information content (AvgIpc) is 3.23. The van der Waals surface area contributed by atoms with Crippen LogP contribution in [0.4, 0.5) is 11.5 Å². The number of methoxy groups -OCH3 is 1. The molecule has 0 aliphatic heterocycles. The number of ether oxygens (including phenoxy) is 1. The predicted molar refractivity (Wildman–Crippen MR) is 108 cm³/mol. The minimum atomic E-state index is -3.92. The third-order valence-corrected chi connectivity index (χ3v) is 5.04. The van der Waals surface area contributed by atoms with Crippen LogP contribution in [0.2, 0.25) is 0 Å². The lowest BCUT2D eigenvalue weighted by Gasteiger charge is -2.11. The van der Waals surface area contributed by atoms with Gasteiger partial charge in [0.2, 0.25) is 5.82 Å². The standard InChI is InChI=1S/C17H15N5O5S2/c1-26-16-14(18-8-9-19-16)22-29(24,25)12-6-4-11(5-7-12)20-17(28)21-15(23)13-3-2-10-27-13/h2-10H,1H3,(H,18,22)(H2,20,21,23,28). The van der Waals surface area contributed by atoms with E-state index in [4.69, 9.17) is 21.4 Å². The molecule has 0 atom stereocenters. The minimum Gasteiger partial charge on any atom is -0.478 e. The Kier molecular flexibility index (Phi) is 6.04. The Hall–Kier alpha value is -3.51. The Bertz CT molecular complexity index is 1120. The number of rotatable bonds is 6. The summed E-state index contributed by atoms with van der Waals surface area (Å²) in [5.74, 6) is -0.374. The molecule has 12 heteroatoms. The van der Waals surface area contributed by atoms with Crippen LogP contribution in [0.25, 0.3) is 0 Å². The lowest BCUT2D eigenvalue weighted by atomic mass is 10.3. The molecule has 3 aromatic rings. The van der Waals surface area contributed by atoms with Crippen molar-refractivity contribution in [1.82, 2.24) is 15.3 Å². The average molecular weight is 433 g/mol. The summed E-state index contributed by atoms with van der Waals surface area (Å²) in [5.41, 5.74) is 0.478. The van der Waals surface area contributed by atoms with Gasteiger partial charge in [-0.2, -0.15) is 0 Å². The summed E-state index contributed by atoms with van der Waals surface area (Å²) in [6, 6.07) is 8.79. The lowest BCUT2D eigenvalue weighted by Crippen LogP contribution is -2.33. The van der Waals surface area contributed by atoms with Crippen LogP contribution >= 0.6 is 12.2 Å². The fourth-order valence-electron chi connectivity index (χ4n) is 2.18. The number of nitrogens with zero attached hydrogens (tertiary/aromatic N) is 2. The fraction of sp³-hybridized carbons (Fsp3) is 0.0588. The van der Waals surface area contributed by atoms with Crippen molar-refractivity contribution >= 4 is 44.8 Å². The van der Waals surface area contributed by atoms with Gasteiger partial charge in [0, 0.05) is 18.1 Å². The van der Waals surface area contributed by atoms with E-state index in [1.54, 1.807) is 6.07 Å². The maximum absolute atomic E-state index is 12.5. The fourth-order valence-corrected chi connectivity index (χ4v) is 3.40. The van der Waals surface area contributed by atoms with Crippen LogP contribution in [0.5, 0.6) is 5.88 Å². The van der Waals surface area contributed by atoms with Gasteiger partial charge in [0.1, 0.15) is 0 Å². The van der Waals surface area contributed by atoms with Gasteiger partial charge in [-0.3, -0.25) is 14.8 Å². The van der Waals surface area contributed by atoms with Gasteiger partial charge in [-0.25, -0.2) is 18.4 Å². The maximum atomic E-state index is 12.5. The van der Waals surface area contributed by atoms with Crippen molar-refractivity contribution in [2.75, 3.05) is 17.1 Å². The van der Waals surface area contributed by atoms with Crippen molar-refractivity contribution in [2.45, 2.75) is 4.90 Å². The Balaban J connectivity index is 1.66. The summed E-state index contributed by atoms with van der Waals surface area (Å²) < 4.78 is 37.3. The number of nitrogens with one attached hydrogen (secondary N) is 3. The number of carbonyl (C=O) groups excluding carboxylic acids is 1. The summed E-state index contributed by atoms with van der Waals surface area (Å²) in [5, 5.41) is 5.26. The molecule has 0 saturated carbocycles. The van der Waals surface area contributed by atoms with Crippen LogP contribution in [0, 0.1) is 0 Å². The zero-order valence-corrected chi connectivity index (χ0v) is 16.6. The SMILES string of the molecule is COc1nccnc1NS(=O)(=O)c1ccc(NC(=S)NC(=O)c2ccco2)cc1. The molecule has 29 heavy (non-hydrogen) atoms. The van der Waals surface area contributed by atoms with Crippen LogP contribution < -0.4 is 20.1 Å². The van der Waals surface area contributed by atoms with Crippen molar-refractivity contribution in [3.8, 4) is 5.88 Å². The summed E-state index contributed by atoms with van der Waals surface area (Å²) in [6.07, 6.45) is 4.09. The molecule has 0 radical (unpaired) electrons. The number of benzene rings is 1. The number of hydrogen-bond donors (Lipinski definition) is 3. The molecule has 1 amide bonds. The highest BCUT2D eigenvalue weighted by molar-refractivity contribution is 7.92. The largest absolute Gasteiger partial charge is 0.478 e. The van der Waals surface area contributed by atoms with Crippen LogP contribution in [-0.4, -0.2) is 36.5 Å². The summed E-state index contributed by atoms with van der Waals surface area (Å²) in [6.45, 7) is 0. The third kappa shape index (κ3) is 5.06. The normalized spacial score (nSPS) is 10.8. The number of furan rings is 1. The van der Waals surface area contributed by atoms with Crippen molar-refractivity contribution < 1.29 is 22.4 Å². The van der Waals surface area contributed by atoms with Crippen molar-refractivity contribution in [3.05, 3.63) is 60.8 Å². The van der Waals surface area contributed by atoms with Crippen molar-refractivity contribution in [2.24, 2.45) is 0 Å². The number of anilines is 2. The van der Waals surface area contributed by atoms with E-state index in [1.165, 1.54) is 56.1 Å². The third-order valence-electron chi connectivity index (χ3n) is 3.48. The number of aromatic nitrogens is 2. The lowest BCUT2D eigenvalue weighted by molar-refractivity contribution is 0.0950. The van der Waals surface area contributed by atoms with E-state index in [9.17, 15) is 13.2 Å². The zero-order chi connectivity index (χ0) is 20.9. The quantitative estimate of drug-likeness (QED) is 0.499. The minimum absolute atomic E-state index is 0.0127. The van der Waals surface area contributed by atoms with Gasteiger partial charge in [0.25, 0.3) is 21.8 Å². The number of thiocarbonyl (C=S) groups is 1. The molecule has 150 valence electrons. The highest BCUT2D eigenvalue weighted by Crippen LogP contribution is 2.22. The van der Waals surface area contributed by atoms with Gasteiger partial charge in [0.15, 0.2) is 10.9 Å².